The van der Waals surface area contributed by atoms with Crippen molar-refractivity contribution in [2.45, 2.75) is 38.0 Å². The molecule has 16 heavy (non-hydrogen) atoms. The van der Waals surface area contributed by atoms with Gasteiger partial charge in [0.1, 0.15) is 5.75 Å². The topological polar surface area (TPSA) is 9.23 Å². The molecule has 0 aromatic heterocycles. The molecule has 0 spiro atoms. The van der Waals surface area contributed by atoms with E-state index in [1.54, 1.807) is 7.11 Å². The summed E-state index contributed by atoms with van der Waals surface area (Å²) in [4.78, 5) is 0. The lowest BCUT2D eigenvalue weighted by atomic mass is 10.1. The summed E-state index contributed by atoms with van der Waals surface area (Å²) in [5, 5.41) is 0.677. The minimum absolute atomic E-state index is 0.0509. The molecule has 1 nitrogen and oxygen atoms in total. The van der Waals surface area contributed by atoms with Crippen molar-refractivity contribution < 1.29 is 4.74 Å². The van der Waals surface area contributed by atoms with E-state index in [2.05, 4.69) is 6.92 Å². The molecule has 0 aliphatic carbocycles. The van der Waals surface area contributed by atoms with E-state index >= 15 is 0 Å². The molecule has 0 N–H and O–H groups in total. The van der Waals surface area contributed by atoms with Crippen molar-refractivity contribution in [1.82, 2.24) is 0 Å². The van der Waals surface area contributed by atoms with E-state index in [1.807, 2.05) is 18.2 Å². The molecule has 0 aliphatic rings. The van der Waals surface area contributed by atoms with Gasteiger partial charge in [-0.3, -0.25) is 0 Å². The number of ether oxygens (including phenoxy) is 1. The standard InChI is InChI=1S/C13H18Cl2O/c1-3-4-5-6-11(14)10-7-8-13(16-2)12(15)9-10/h7-9,11H,3-6H2,1-2H3. The van der Waals surface area contributed by atoms with E-state index in [4.69, 9.17) is 27.9 Å². The summed E-state index contributed by atoms with van der Waals surface area (Å²) in [7, 11) is 1.61. The third-order valence-electron chi connectivity index (χ3n) is 2.60. The van der Waals surface area contributed by atoms with Gasteiger partial charge in [-0.2, -0.15) is 0 Å². The molecule has 3 heteroatoms. The molecule has 0 heterocycles. The van der Waals surface area contributed by atoms with Gasteiger partial charge in [0.25, 0.3) is 0 Å². The maximum atomic E-state index is 6.31. The molecule has 0 bridgehead atoms. The lowest BCUT2D eigenvalue weighted by Crippen LogP contribution is -1.92. The summed E-state index contributed by atoms with van der Waals surface area (Å²) in [5.74, 6) is 0.697. The van der Waals surface area contributed by atoms with Gasteiger partial charge in [-0.25, -0.2) is 0 Å². The first-order chi connectivity index (χ1) is 7.69. The molecule has 0 saturated carbocycles. The van der Waals surface area contributed by atoms with Crippen LogP contribution in [0.3, 0.4) is 0 Å². The Kier molecular flexibility index (Phi) is 6.00. The van der Waals surface area contributed by atoms with Gasteiger partial charge in [0, 0.05) is 0 Å². The largest absolute Gasteiger partial charge is 0.495 e. The summed E-state index contributed by atoms with van der Waals surface area (Å²) in [5.41, 5.74) is 1.07. The molecule has 0 radical (unpaired) electrons. The fourth-order valence-electron chi connectivity index (χ4n) is 1.62. The Morgan fingerprint density at radius 3 is 2.62 bits per heavy atom. The number of benzene rings is 1. The first-order valence-electron chi connectivity index (χ1n) is 5.66. The summed E-state index contributed by atoms with van der Waals surface area (Å²) in [6, 6.07) is 5.74. The monoisotopic (exact) mass is 260 g/mol. The Hall–Kier alpha value is -0.400. The zero-order valence-electron chi connectivity index (χ0n) is 9.80. The van der Waals surface area contributed by atoms with Gasteiger partial charge in [0.2, 0.25) is 0 Å². The van der Waals surface area contributed by atoms with Crippen LogP contribution in [-0.2, 0) is 0 Å². The van der Waals surface area contributed by atoms with Gasteiger partial charge in [0.05, 0.1) is 17.5 Å². The molecule has 0 fully saturated rings. The maximum Gasteiger partial charge on any atom is 0.137 e. The van der Waals surface area contributed by atoms with Crippen LogP contribution in [0.1, 0.15) is 43.5 Å². The van der Waals surface area contributed by atoms with Crippen LogP contribution in [0, 0.1) is 0 Å². The van der Waals surface area contributed by atoms with Crippen molar-refractivity contribution in [3.05, 3.63) is 28.8 Å². The summed E-state index contributed by atoms with van der Waals surface area (Å²) < 4.78 is 5.10. The third-order valence-corrected chi connectivity index (χ3v) is 3.36. The lowest BCUT2D eigenvalue weighted by molar-refractivity contribution is 0.415. The molecule has 1 rings (SSSR count). The minimum atomic E-state index is 0.0509. The number of rotatable bonds is 6. The lowest BCUT2D eigenvalue weighted by Gasteiger charge is -2.11. The molecular weight excluding hydrogens is 243 g/mol. The van der Waals surface area contributed by atoms with Crippen molar-refractivity contribution >= 4 is 23.2 Å². The molecule has 90 valence electrons. The second-order valence-electron chi connectivity index (χ2n) is 3.86. The normalized spacial score (nSPS) is 12.5. The van der Waals surface area contributed by atoms with E-state index in [0.29, 0.717) is 10.8 Å². The molecular formula is C13H18Cl2O. The average Bonchev–Trinajstić information content (AvgIpc) is 2.29. The molecule has 1 atom stereocenters. The molecule has 1 aromatic rings. The van der Waals surface area contributed by atoms with Crippen LogP contribution < -0.4 is 4.74 Å². The second kappa shape index (κ2) is 7.03. The van der Waals surface area contributed by atoms with Gasteiger partial charge in [0.15, 0.2) is 0 Å². The number of hydrogen-bond donors (Lipinski definition) is 0. The van der Waals surface area contributed by atoms with Gasteiger partial charge in [-0.05, 0) is 24.1 Å². The summed E-state index contributed by atoms with van der Waals surface area (Å²) in [6.45, 7) is 2.19. The predicted octanol–water partition coefficient (Wildman–Crippen LogP) is 5.21. The van der Waals surface area contributed by atoms with Crippen molar-refractivity contribution in [3.63, 3.8) is 0 Å². The van der Waals surface area contributed by atoms with E-state index in [-0.39, 0.29) is 5.38 Å². The van der Waals surface area contributed by atoms with Crippen LogP contribution in [0.5, 0.6) is 5.75 Å². The fraction of sp³-hybridized carbons (Fsp3) is 0.538. The van der Waals surface area contributed by atoms with Crippen molar-refractivity contribution in [1.29, 1.82) is 0 Å². The Morgan fingerprint density at radius 1 is 1.31 bits per heavy atom. The highest BCUT2D eigenvalue weighted by Crippen LogP contribution is 2.32. The van der Waals surface area contributed by atoms with Crippen molar-refractivity contribution in [2.75, 3.05) is 7.11 Å². The number of unbranched alkanes of at least 4 members (excludes halogenated alkanes) is 2. The van der Waals surface area contributed by atoms with E-state index < -0.39 is 0 Å². The van der Waals surface area contributed by atoms with Crippen LogP contribution in [0.4, 0.5) is 0 Å². The Labute approximate surface area is 108 Å². The molecule has 1 unspecified atom stereocenters. The minimum Gasteiger partial charge on any atom is -0.495 e. The highest BCUT2D eigenvalue weighted by molar-refractivity contribution is 6.32. The number of hydrogen-bond acceptors (Lipinski definition) is 1. The quantitative estimate of drug-likeness (QED) is 0.504. The van der Waals surface area contributed by atoms with Crippen LogP contribution >= 0.6 is 23.2 Å². The van der Waals surface area contributed by atoms with Crippen LogP contribution in [0.15, 0.2) is 18.2 Å². The number of halogens is 2. The smallest absolute Gasteiger partial charge is 0.137 e. The molecule has 0 saturated heterocycles. The van der Waals surface area contributed by atoms with Crippen molar-refractivity contribution in [3.8, 4) is 5.75 Å². The molecule has 0 aliphatic heterocycles. The summed E-state index contributed by atoms with van der Waals surface area (Å²) in [6.07, 6.45) is 4.60. The second-order valence-corrected chi connectivity index (χ2v) is 4.79. The SMILES string of the molecule is CCCCCC(Cl)c1ccc(OC)c(Cl)c1. The highest BCUT2D eigenvalue weighted by Gasteiger charge is 2.10. The highest BCUT2D eigenvalue weighted by atomic mass is 35.5. The maximum absolute atomic E-state index is 6.31. The van der Waals surface area contributed by atoms with Gasteiger partial charge >= 0.3 is 0 Å². The third kappa shape index (κ3) is 3.88. The molecule has 1 aromatic carbocycles. The van der Waals surface area contributed by atoms with E-state index in [1.165, 1.54) is 12.8 Å². The first-order valence-corrected chi connectivity index (χ1v) is 6.48. The zero-order valence-corrected chi connectivity index (χ0v) is 11.3. The van der Waals surface area contributed by atoms with Crippen LogP contribution in [-0.4, -0.2) is 7.11 Å². The Balaban J connectivity index is 2.62. The Bertz CT molecular complexity index is 326. The predicted molar refractivity (Wildman–Crippen MR) is 70.7 cm³/mol. The molecule has 0 amide bonds. The van der Waals surface area contributed by atoms with Crippen molar-refractivity contribution in [2.24, 2.45) is 0 Å². The first kappa shape index (κ1) is 13.7. The van der Waals surface area contributed by atoms with Gasteiger partial charge in [-0.15, -0.1) is 11.6 Å². The average molecular weight is 261 g/mol. The van der Waals surface area contributed by atoms with Gasteiger partial charge < -0.3 is 4.74 Å². The van der Waals surface area contributed by atoms with E-state index in [9.17, 15) is 0 Å². The fourth-order valence-corrected chi connectivity index (χ4v) is 2.17. The number of methoxy groups -OCH3 is 1. The van der Waals surface area contributed by atoms with Crippen LogP contribution in [0.25, 0.3) is 0 Å². The van der Waals surface area contributed by atoms with Gasteiger partial charge in [-0.1, -0.05) is 43.9 Å². The zero-order chi connectivity index (χ0) is 12.0. The Morgan fingerprint density at radius 2 is 2.06 bits per heavy atom. The van der Waals surface area contributed by atoms with E-state index in [0.717, 1.165) is 18.4 Å². The summed E-state index contributed by atoms with van der Waals surface area (Å²) >= 11 is 12.4. The van der Waals surface area contributed by atoms with Crippen LogP contribution in [0.2, 0.25) is 5.02 Å². The number of alkyl halides is 1.